The van der Waals surface area contributed by atoms with E-state index in [1.54, 1.807) is 11.3 Å². The van der Waals surface area contributed by atoms with Crippen molar-refractivity contribution in [2.75, 3.05) is 5.32 Å². The molecular formula is C23H20N2OS. The second-order valence-electron chi connectivity index (χ2n) is 7.06. The Hall–Kier alpha value is -2.85. The zero-order chi connectivity index (χ0) is 18.2. The van der Waals surface area contributed by atoms with Crippen LogP contribution in [0, 0.1) is 0 Å². The van der Waals surface area contributed by atoms with E-state index < -0.39 is 0 Å². The van der Waals surface area contributed by atoms with Crippen LogP contribution in [0.25, 0.3) is 10.2 Å². The van der Waals surface area contributed by atoms with Crippen LogP contribution >= 0.6 is 11.3 Å². The molecule has 0 saturated carbocycles. The van der Waals surface area contributed by atoms with Gasteiger partial charge in [-0.1, -0.05) is 36.4 Å². The molecule has 2 heterocycles. The van der Waals surface area contributed by atoms with Crippen molar-refractivity contribution >= 4 is 33.1 Å². The lowest BCUT2D eigenvalue weighted by molar-refractivity contribution is 0.101. The van der Waals surface area contributed by atoms with Gasteiger partial charge in [0.25, 0.3) is 5.91 Å². The first kappa shape index (κ1) is 16.3. The van der Waals surface area contributed by atoms with Gasteiger partial charge in [0, 0.05) is 12.2 Å². The van der Waals surface area contributed by atoms with Crippen LogP contribution in [0.2, 0.25) is 0 Å². The molecule has 0 unspecified atom stereocenters. The van der Waals surface area contributed by atoms with E-state index in [0.717, 1.165) is 28.7 Å². The highest BCUT2D eigenvalue weighted by atomic mass is 32.1. The lowest BCUT2D eigenvalue weighted by Crippen LogP contribution is -2.17. The number of anilines is 1. The summed E-state index contributed by atoms with van der Waals surface area (Å²) in [6.45, 7) is 0.689. The summed E-state index contributed by atoms with van der Waals surface area (Å²) in [6, 6.07) is 20.7. The van der Waals surface area contributed by atoms with Crippen LogP contribution in [0.1, 0.15) is 33.6 Å². The first-order valence-corrected chi connectivity index (χ1v) is 10.2. The lowest BCUT2D eigenvalue weighted by atomic mass is 10.1. The van der Waals surface area contributed by atoms with Crippen molar-refractivity contribution in [2.24, 2.45) is 0 Å². The van der Waals surface area contributed by atoms with E-state index in [1.165, 1.54) is 23.1 Å². The molecule has 2 aromatic carbocycles. The second kappa shape index (κ2) is 6.71. The molecule has 1 amide bonds. The van der Waals surface area contributed by atoms with Crippen molar-refractivity contribution in [3.05, 3.63) is 88.4 Å². The Bertz CT molecular complexity index is 1120. The number of fused-ring (bicyclic) bond motifs is 2. The highest BCUT2D eigenvalue weighted by molar-refractivity contribution is 7.17. The molecule has 27 heavy (non-hydrogen) atoms. The van der Waals surface area contributed by atoms with Gasteiger partial charge < -0.3 is 9.88 Å². The highest BCUT2D eigenvalue weighted by Crippen LogP contribution is 2.28. The van der Waals surface area contributed by atoms with Gasteiger partial charge in [-0.15, -0.1) is 11.3 Å². The number of hydrogen-bond acceptors (Lipinski definition) is 2. The third-order valence-corrected chi connectivity index (χ3v) is 6.15. The van der Waals surface area contributed by atoms with Crippen molar-refractivity contribution in [1.29, 1.82) is 0 Å². The predicted octanol–water partition coefficient (Wildman–Crippen LogP) is 5.49. The summed E-state index contributed by atoms with van der Waals surface area (Å²) in [6.07, 6.45) is 3.47. The molecule has 0 radical (unpaired) electrons. The quantitative estimate of drug-likeness (QED) is 0.505. The SMILES string of the molecule is O=C(Nc1ccc2c(c1)CCC2)c1cc2sccc2n1Cc1ccccc1. The van der Waals surface area contributed by atoms with Crippen molar-refractivity contribution in [2.45, 2.75) is 25.8 Å². The zero-order valence-electron chi connectivity index (χ0n) is 14.9. The number of nitrogens with zero attached hydrogens (tertiary/aromatic N) is 1. The Morgan fingerprint density at radius 1 is 1.00 bits per heavy atom. The van der Waals surface area contributed by atoms with Gasteiger partial charge in [-0.25, -0.2) is 0 Å². The maximum Gasteiger partial charge on any atom is 0.272 e. The Morgan fingerprint density at radius 3 is 2.74 bits per heavy atom. The monoisotopic (exact) mass is 372 g/mol. The van der Waals surface area contributed by atoms with Gasteiger partial charge in [0.1, 0.15) is 5.69 Å². The van der Waals surface area contributed by atoms with Crippen molar-refractivity contribution in [1.82, 2.24) is 4.57 Å². The van der Waals surface area contributed by atoms with E-state index in [0.29, 0.717) is 12.2 Å². The summed E-state index contributed by atoms with van der Waals surface area (Å²) < 4.78 is 3.26. The number of rotatable bonds is 4. The Morgan fingerprint density at radius 2 is 1.85 bits per heavy atom. The molecule has 0 fully saturated rings. The van der Waals surface area contributed by atoms with E-state index in [2.05, 4.69) is 45.6 Å². The predicted molar refractivity (Wildman–Crippen MR) is 112 cm³/mol. The standard InChI is InChI=1S/C23H20N2OS/c26-23(24-19-10-9-17-7-4-8-18(17)13-19)21-14-22-20(11-12-27-22)25(21)15-16-5-2-1-3-6-16/h1-3,5-6,9-14H,4,7-8,15H2,(H,24,26). The number of carbonyl (C=O) groups excluding carboxylic acids is 1. The Kier molecular flexibility index (Phi) is 4.06. The number of amides is 1. The molecule has 0 saturated heterocycles. The molecule has 4 aromatic rings. The molecule has 134 valence electrons. The summed E-state index contributed by atoms with van der Waals surface area (Å²) in [7, 11) is 0. The topological polar surface area (TPSA) is 34.0 Å². The maximum absolute atomic E-state index is 13.1. The first-order chi connectivity index (χ1) is 13.3. The van der Waals surface area contributed by atoms with Crippen LogP contribution in [0.5, 0.6) is 0 Å². The van der Waals surface area contributed by atoms with Gasteiger partial charge in [0.05, 0.1) is 10.2 Å². The van der Waals surface area contributed by atoms with Crippen molar-refractivity contribution < 1.29 is 4.79 Å². The summed E-state index contributed by atoms with van der Waals surface area (Å²) in [5.74, 6) is -0.0488. The second-order valence-corrected chi connectivity index (χ2v) is 8.01. The minimum atomic E-state index is -0.0488. The van der Waals surface area contributed by atoms with E-state index in [4.69, 9.17) is 0 Å². The number of aromatic nitrogens is 1. The molecule has 0 atom stereocenters. The smallest absolute Gasteiger partial charge is 0.272 e. The molecule has 5 rings (SSSR count). The Balaban J connectivity index is 1.47. The van der Waals surface area contributed by atoms with Gasteiger partial charge >= 0.3 is 0 Å². The van der Waals surface area contributed by atoms with Crippen LogP contribution in [0.3, 0.4) is 0 Å². The summed E-state index contributed by atoms with van der Waals surface area (Å²) in [4.78, 5) is 13.1. The van der Waals surface area contributed by atoms with Crippen LogP contribution in [0.4, 0.5) is 5.69 Å². The fraction of sp³-hybridized carbons (Fsp3) is 0.174. The number of benzene rings is 2. The largest absolute Gasteiger partial charge is 0.331 e. The maximum atomic E-state index is 13.1. The number of aryl methyl sites for hydroxylation is 2. The van der Waals surface area contributed by atoms with Gasteiger partial charge in [-0.3, -0.25) is 4.79 Å². The van der Waals surface area contributed by atoms with E-state index >= 15 is 0 Å². The minimum Gasteiger partial charge on any atom is -0.331 e. The fourth-order valence-electron chi connectivity index (χ4n) is 3.95. The number of carbonyl (C=O) groups is 1. The van der Waals surface area contributed by atoms with E-state index in [1.807, 2.05) is 30.3 Å². The van der Waals surface area contributed by atoms with Crippen LogP contribution in [0.15, 0.2) is 66.0 Å². The van der Waals surface area contributed by atoms with E-state index in [9.17, 15) is 4.79 Å². The Labute approximate surface area is 162 Å². The molecule has 0 spiro atoms. The molecule has 3 nitrogen and oxygen atoms in total. The number of thiophene rings is 1. The average Bonchev–Trinajstić information content (AvgIpc) is 3.39. The first-order valence-electron chi connectivity index (χ1n) is 9.32. The molecular weight excluding hydrogens is 352 g/mol. The summed E-state index contributed by atoms with van der Waals surface area (Å²) >= 11 is 1.67. The molecule has 1 N–H and O–H groups in total. The molecule has 0 bridgehead atoms. The van der Waals surface area contributed by atoms with Gasteiger partial charge in [-0.2, -0.15) is 0 Å². The summed E-state index contributed by atoms with van der Waals surface area (Å²) in [5.41, 5.74) is 6.68. The minimum absolute atomic E-state index is 0.0488. The molecule has 4 heteroatoms. The molecule has 0 aliphatic heterocycles. The number of nitrogens with one attached hydrogen (secondary N) is 1. The molecule has 1 aliphatic rings. The average molecular weight is 372 g/mol. The van der Waals surface area contributed by atoms with Crippen molar-refractivity contribution in [3.63, 3.8) is 0 Å². The van der Waals surface area contributed by atoms with Crippen LogP contribution in [-0.4, -0.2) is 10.5 Å². The van der Waals surface area contributed by atoms with Crippen molar-refractivity contribution in [3.8, 4) is 0 Å². The van der Waals surface area contributed by atoms with Crippen LogP contribution in [-0.2, 0) is 19.4 Å². The van der Waals surface area contributed by atoms with Gasteiger partial charge in [0.15, 0.2) is 0 Å². The van der Waals surface area contributed by atoms with Gasteiger partial charge in [0.2, 0.25) is 0 Å². The lowest BCUT2D eigenvalue weighted by Gasteiger charge is -2.12. The van der Waals surface area contributed by atoms with E-state index in [-0.39, 0.29) is 5.91 Å². The third kappa shape index (κ3) is 3.06. The third-order valence-electron chi connectivity index (χ3n) is 5.30. The molecule has 2 aromatic heterocycles. The van der Waals surface area contributed by atoms with Crippen LogP contribution < -0.4 is 5.32 Å². The highest BCUT2D eigenvalue weighted by Gasteiger charge is 2.18. The molecule has 1 aliphatic carbocycles. The zero-order valence-corrected chi connectivity index (χ0v) is 15.8. The fourth-order valence-corrected chi connectivity index (χ4v) is 4.77. The normalized spacial score (nSPS) is 13.0. The number of hydrogen-bond donors (Lipinski definition) is 1. The van der Waals surface area contributed by atoms with Gasteiger partial charge in [-0.05, 0) is 65.6 Å². The summed E-state index contributed by atoms with van der Waals surface area (Å²) in [5, 5.41) is 5.19.